The lowest BCUT2D eigenvalue weighted by Gasteiger charge is -2.18. The van der Waals surface area contributed by atoms with Gasteiger partial charge in [0.25, 0.3) is 0 Å². The van der Waals surface area contributed by atoms with Crippen LogP contribution in [-0.2, 0) is 12.8 Å². The Hall–Kier alpha value is -1.26. The van der Waals surface area contributed by atoms with E-state index in [4.69, 9.17) is 16.3 Å². The highest BCUT2D eigenvalue weighted by Gasteiger charge is 2.09. The number of hydrogen-bond donors (Lipinski definition) is 1. The number of rotatable bonds is 10. The third-order valence-corrected chi connectivity index (χ3v) is 4.27. The maximum Gasteiger partial charge on any atom is 0.122 e. The third-order valence-electron chi connectivity index (χ3n) is 4.03. The maximum atomic E-state index is 9.96. The van der Waals surface area contributed by atoms with Crippen LogP contribution in [0.5, 0.6) is 5.75 Å². The van der Waals surface area contributed by atoms with Gasteiger partial charge in [0.05, 0.1) is 0 Å². The lowest BCUT2D eigenvalue weighted by atomic mass is 10.0. The van der Waals surface area contributed by atoms with Crippen molar-refractivity contribution in [2.24, 2.45) is 0 Å². The molecule has 0 aliphatic heterocycles. The van der Waals surface area contributed by atoms with Gasteiger partial charge in [-0.15, -0.1) is 12.4 Å². The Bertz CT molecular complexity index is 649. The van der Waals surface area contributed by atoms with E-state index in [9.17, 15) is 5.11 Å². The second kappa shape index (κ2) is 12.2. The van der Waals surface area contributed by atoms with E-state index in [-0.39, 0.29) is 12.4 Å². The van der Waals surface area contributed by atoms with Gasteiger partial charge in [0, 0.05) is 11.6 Å². The Kier molecular flexibility index (Phi) is 10.7. The van der Waals surface area contributed by atoms with Crippen molar-refractivity contribution in [3.63, 3.8) is 0 Å². The van der Waals surface area contributed by atoms with E-state index >= 15 is 0 Å². The molecule has 26 heavy (non-hydrogen) atoms. The van der Waals surface area contributed by atoms with Gasteiger partial charge in [-0.1, -0.05) is 41.9 Å². The van der Waals surface area contributed by atoms with Crippen LogP contribution in [0.25, 0.3) is 0 Å². The Morgan fingerprint density at radius 3 is 2.50 bits per heavy atom. The number of likely N-dealkylation sites (N-methyl/N-ethyl adjacent to an activating group) is 1. The molecule has 0 saturated heterocycles. The van der Waals surface area contributed by atoms with Gasteiger partial charge >= 0.3 is 0 Å². The predicted octanol–water partition coefficient (Wildman–Crippen LogP) is 4.63. The van der Waals surface area contributed by atoms with Crippen LogP contribution in [0.1, 0.15) is 24.0 Å². The first kappa shape index (κ1) is 22.8. The van der Waals surface area contributed by atoms with Crippen molar-refractivity contribution in [1.82, 2.24) is 4.90 Å². The zero-order chi connectivity index (χ0) is 18.1. The maximum absolute atomic E-state index is 9.96. The van der Waals surface area contributed by atoms with Crippen LogP contribution in [0.2, 0.25) is 5.02 Å². The quantitative estimate of drug-likeness (QED) is 0.593. The van der Waals surface area contributed by atoms with E-state index in [0.717, 1.165) is 36.5 Å². The van der Waals surface area contributed by atoms with Gasteiger partial charge in [0.2, 0.25) is 0 Å². The Morgan fingerprint density at radius 1 is 1.04 bits per heavy atom. The highest BCUT2D eigenvalue weighted by Crippen LogP contribution is 2.21. The molecule has 0 bridgehead atoms. The molecule has 2 rings (SSSR count). The Morgan fingerprint density at radius 2 is 1.77 bits per heavy atom. The zero-order valence-electron chi connectivity index (χ0n) is 15.5. The zero-order valence-corrected chi connectivity index (χ0v) is 17.1. The molecule has 2 aromatic carbocycles. The Labute approximate surface area is 168 Å². The first-order valence-electron chi connectivity index (χ1n) is 8.82. The van der Waals surface area contributed by atoms with Crippen molar-refractivity contribution in [3.8, 4) is 5.75 Å². The SMILES string of the molecule is CN(C)CC(O)COc1ccccc1CCCCc1cccc(Cl)c1.Cl. The molecule has 3 nitrogen and oxygen atoms in total. The molecule has 0 fully saturated rings. The molecular weight excluding hydrogens is 369 g/mol. The minimum atomic E-state index is -0.481. The number of para-hydroxylation sites is 1. The number of nitrogens with zero attached hydrogens (tertiary/aromatic N) is 1. The summed E-state index contributed by atoms with van der Waals surface area (Å²) < 4.78 is 5.84. The van der Waals surface area contributed by atoms with Crippen LogP contribution in [0, 0.1) is 0 Å². The third kappa shape index (κ3) is 8.41. The predicted molar refractivity (Wildman–Crippen MR) is 112 cm³/mol. The second-order valence-corrected chi connectivity index (χ2v) is 7.11. The van der Waals surface area contributed by atoms with Gasteiger partial charge in [-0.2, -0.15) is 0 Å². The molecule has 0 spiro atoms. The lowest BCUT2D eigenvalue weighted by molar-refractivity contribution is 0.0827. The van der Waals surface area contributed by atoms with E-state index in [1.165, 1.54) is 11.1 Å². The molecule has 0 amide bonds. The van der Waals surface area contributed by atoms with Gasteiger partial charge in [-0.05, 0) is 69.1 Å². The number of halogens is 2. The summed E-state index contributed by atoms with van der Waals surface area (Å²) in [4.78, 5) is 1.95. The second-order valence-electron chi connectivity index (χ2n) is 6.67. The van der Waals surface area contributed by atoms with Gasteiger partial charge in [-0.25, -0.2) is 0 Å². The van der Waals surface area contributed by atoms with Crippen molar-refractivity contribution in [2.75, 3.05) is 27.2 Å². The number of aliphatic hydroxyl groups excluding tert-OH is 1. The average molecular weight is 398 g/mol. The van der Waals surface area contributed by atoms with Gasteiger partial charge in [0.1, 0.15) is 18.5 Å². The molecule has 0 saturated carbocycles. The van der Waals surface area contributed by atoms with E-state index < -0.39 is 6.10 Å². The molecule has 1 unspecified atom stereocenters. The molecule has 0 aliphatic rings. The fourth-order valence-electron chi connectivity index (χ4n) is 2.85. The normalized spacial score (nSPS) is 11.9. The summed E-state index contributed by atoms with van der Waals surface area (Å²) in [5.74, 6) is 0.878. The molecule has 0 aliphatic carbocycles. The summed E-state index contributed by atoms with van der Waals surface area (Å²) in [5, 5.41) is 10.8. The van der Waals surface area contributed by atoms with E-state index in [1.807, 2.05) is 55.4 Å². The number of hydrogen-bond acceptors (Lipinski definition) is 3. The summed E-state index contributed by atoms with van der Waals surface area (Å²) in [6.07, 6.45) is 3.72. The van der Waals surface area contributed by atoms with E-state index in [1.54, 1.807) is 0 Å². The lowest BCUT2D eigenvalue weighted by Crippen LogP contribution is -2.30. The molecular formula is C21H29Cl2NO2. The van der Waals surface area contributed by atoms with Crippen LogP contribution in [0.15, 0.2) is 48.5 Å². The van der Waals surface area contributed by atoms with Crippen molar-refractivity contribution in [1.29, 1.82) is 0 Å². The first-order chi connectivity index (χ1) is 12.0. The highest BCUT2D eigenvalue weighted by molar-refractivity contribution is 6.30. The molecule has 1 N–H and O–H groups in total. The molecule has 5 heteroatoms. The summed E-state index contributed by atoms with van der Waals surface area (Å²) in [7, 11) is 3.88. The van der Waals surface area contributed by atoms with Gasteiger partial charge < -0.3 is 14.7 Å². The van der Waals surface area contributed by atoms with Crippen molar-refractivity contribution in [2.45, 2.75) is 31.8 Å². The van der Waals surface area contributed by atoms with Crippen LogP contribution in [0.3, 0.4) is 0 Å². The molecule has 0 aromatic heterocycles. The molecule has 2 aromatic rings. The van der Waals surface area contributed by atoms with Crippen LogP contribution < -0.4 is 4.74 Å². The number of benzene rings is 2. The summed E-state index contributed by atoms with van der Waals surface area (Å²) in [6, 6.07) is 16.2. The largest absolute Gasteiger partial charge is 0.491 e. The fourth-order valence-corrected chi connectivity index (χ4v) is 3.06. The fraction of sp³-hybridized carbons (Fsp3) is 0.429. The number of ether oxygens (including phenoxy) is 1. The topological polar surface area (TPSA) is 32.7 Å². The molecule has 0 heterocycles. The Balaban J connectivity index is 0.00000338. The van der Waals surface area contributed by atoms with Crippen LogP contribution >= 0.6 is 24.0 Å². The summed E-state index contributed by atoms with van der Waals surface area (Å²) in [6.45, 7) is 0.916. The monoisotopic (exact) mass is 397 g/mol. The summed E-state index contributed by atoms with van der Waals surface area (Å²) >= 11 is 6.03. The standard InChI is InChI=1S/C21H28ClNO2.ClH/c1-23(2)15-20(24)16-25-21-13-6-5-11-18(21)10-4-3-8-17-9-7-12-19(22)14-17;/h5-7,9,11-14,20,24H,3-4,8,10,15-16H2,1-2H3;1H. The minimum Gasteiger partial charge on any atom is -0.491 e. The van der Waals surface area contributed by atoms with Gasteiger partial charge in [-0.3, -0.25) is 0 Å². The van der Waals surface area contributed by atoms with Gasteiger partial charge in [0.15, 0.2) is 0 Å². The van der Waals surface area contributed by atoms with Crippen molar-refractivity contribution >= 4 is 24.0 Å². The minimum absolute atomic E-state index is 0. The smallest absolute Gasteiger partial charge is 0.122 e. The highest BCUT2D eigenvalue weighted by atomic mass is 35.5. The van der Waals surface area contributed by atoms with Crippen molar-refractivity contribution < 1.29 is 9.84 Å². The van der Waals surface area contributed by atoms with Crippen LogP contribution in [0.4, 0.5) is 0 Å². The van der Waals surface area contributed by atoms with Crippen LogP contribution in [-0.4, -0.2) is 43.4 Å². The van der Waals surface area contributed by atoms with E-state index in [2.05, 4.69) is 12.1 Å². The van der Waals surface area contributed by atoms with Crippen molar-refractivity contribution in [3.05, 3.63) is 64.7 Å². The number of unbranched alkanes of at least 4 members (excludes halogenated alkanes) is 1. The summed E-state index contributed by atoms with van der Waals surface area (Å²) in [5.41, 5.74) is 2.48. The average Bonchev–Trinajstić information content (AvgIpc) is 2.57. The number of aliphatic hydroxyl groups is 1. The molecule has 1 atom stereocenters. The number of aryl methyl sites for hydroxylation is 2. The molecule has 144 valence electrons. The molecule has 0 radical (unpaired) electrons. The first-order valence-corrected chi connectivity index (χ1v) is 9.20. The van der Waals surface area contributed by atoms with E-state index in [0.29, 0.717) is 13.2 Å².